The highest BCUT2D eigenvalue weighted by molar-refractivity contribution is 6.00. The van der Waals surface area contributed by atoms with E-state index < -0.39 is 5.91 Å². The minimum Gasteiger partial charge on any atom is -0.366 e. The van der Waals surface area contributed by atoms with Gasteiger partial charge in [-0.1, -0.05) is 29.8 Å². The van der Waals surface area contributed by atoms with Gasteiger partial charge in [0.1, 0.15) is 0 Å². The van der Waals surface area contributed by atoms with Gasteiger partial charge in [0.05, 0.1) is 5.92 Å². The number of rotatable bonds is 5. The van der Waals surface area contributed by atoms with Crippen LogP contribution in [-0.4, -0.2) is 24.3 Å². The van der Waals surface area contributed by atoms with Gasteiger partial charge in [-0.25, -0.2) is 0 Å². The summed E-state index contributed by atoms with van der Waals surface area (Å²) >= 11 is 0. The van der Waals surface area contributed by atoms with Crippen LogP contribution >= 0.6 is 0 Å². The summed E-state index contributed by atoms with van der Waals surface area (Å²) in [6.07, 6.45) is 0.209. The lowest BCUT2D eigenvalue weighted by atomic mass is 10.1. The van der Waals surface area contributed by atoms with Gasteiger partial charge in [0.25, 0.3) is 0 Å². The molecule has 1 unspecified atom stereocenters. The van der Waals surface area contributed by atoms with Crippen molar-refractivity contribution >= 4 is 23.4 Å². The average Bonchev–Trinajstić information content (AvgIpc) is 3.02. The van der Waals surface area contributed by atoms with Crippen molar-refractivity contribution < 1.29 is 14.4 Å². The normalized spacial score (nSPS) is 16.6. The van der Waals surface area contributed by atoms with E-state index in [-0.39, 0.29) is 24.2 Å². The summed E-state index contributed by atoms with van der Waals surface area (Å²) in [6, 6.07) is 14.4. The second-order valence-corrected chi connectivity index (χ2v) is 6.52. The second kappa shape index (κ2) is 7.39. The van der Waals surface area contributed by atoms with Gasteiger partial charge in [-0.3, -0.25) is 14.4 Å². The molecule has 3 rings (SSSR count). The van der Waals surface area contributed by atoms with Gasteiger partial charge in [0.2, 0.25) is 17.7 Å². The van der Waals surface area contributed by atoms with E-state index in [0.717, 1.165) is 16.8 Å². The Morgan fingerprint density at radius 1 is 1.12 bits per heavy atom. The lowest BCUT2D eigenvalue weighted by Gasteiger charge is -2.17. The molecule has 2 aromatic rings. The average molecular weight is 351 g/mol. The maximum atomic E-state index is 12.4. The number of benzene rings is 2. The van der Waals surface area contributed by atoms with Crippen molar-refractivity contribution in [1.29, 1.82) is 0 Å². The minimum atomic E-state index is -0.485. The van der Waals surface area contributed by atoms with Gasteiger partial charge < -0.3 is 16.0 Å². The Morgan fingerprint density at radius 2 is 1.77 bits per heavy atom. The van der Waals surface area contributed by atoms with Crippen molar-refractivity contribution in [3.63, 3.8) is 0 Å². The van der Waals surface area contributed by atoms with Crippen molar-refractivity contribution in [1.82, 2.24) is 5.32 Å². The summed E-state index contributed by atoms with van der Waals surface area (Å²) in [4.78, 5) is 37.4. The lowest BCUT2D eigenvalue weighted by Crippen LogP contribution is -2.32. The number of primary amides is 1. The second-order valence-electron chi connectivity index (χ2n) is 6.52. The Morgan fingerprint density at radius 3 is 2.38 bits per heavy atom. The minimum absolute atomic E-state index is 0.0418. The number of hydrogen-bond donors (Lipinski definition) is 2. The van der Waals surface area contributed by atoms with Crippen LogP contribution in [0.25, 0.3) is 0 Å². The van der Waals surface area contributed by atoms with Gasteiger partial charge in [0.15, 0.2) is 0 Å². The van der Waals surface area contributed by atoms with E-state index in [0.29, 0.717) is 18.7 Å². The van der Waals surface area contributed by atoms with Crippen LogP contribution in [0.4, 0.5) is 5.69 Å². The lowest BCUT2D eigenvalue weighted by molar-refractivity contribution is -0.126. The SMILES string of the molecule is Cc1ccc(N2CC(C(=O)NCc3ccc(C(N)=O)cc3)CC2=O)cc1. The molecule has 1 atom stereocenters. The molecule has 26 heavy (non-hydrogen) atoms. The zero-order valence-corrected chi connectivity index (χ0v) is 14.6. The predicted molar refractivity (Wildman–Crippen MR) is 98.4 cm³/mol. The van der Waals surface area contributed by atoms with Crippen LogP contribution < -0.4 is 16.0 Å². The monoisotopic (exact) mass is 351 g/mol. The van der Waals surface area contributed by atoms with Gasteiger partial charge in [-0.2, -0.15) is 0 Å². The zero-order chi connectivity index (χ0) is 18.7. The molecule has 1 heterocycles. The number of nitrogens with one attached hydrogen (secondary N) is 1. The summed E-state index contributed by atoms with van der Waals surface area (Å²) in [5.41, 5.74) is 8.44. The van der Waals surface area contributed by atoms with Crippen molar-refractivity contribution in [3.05, 3.63) is 65.2 Å². The predicted octanol–water partition coefficient (Wildman–Crippen LogP) is 1.76. The van der Waals surface area contributed by atoms with E-state index in [9.17, 15) is 14.4 Å². The van der Waals surface area contributed by atoms with E-state index in [1.54, 1.807) is 29.2 Å². The molecule has 1 aliphatic rings. The number of aryl methyl sites for hydroxylation is 1. The van der Waals surface area contributed by atoms with Crippen LogP contribution in [0.5, 0.6) is 0 Å². The number of carbonyl (C=O) groups is 3. The van der Waals surface area contributed by atoms with Gasteiger partial charge in [0, 0.05) is 30.8 Å². The van der Waals surface area contributed by atoms with E-state index in [1.165, 1.54) is 0 Å². The van der Waals surface area contributed by atoms with Crippen molar-refractivity contribution in [2.75, 3.05) is 11.4 Å². The summed E-state index contributed by atoms with van der Waals surface area (Å²) < 4.78 is 0. The Labute approximate surface area is 152 Å². The van der Waals surface area contributed by atoms with Crippen molar-refractivity contribution in [2.45, 2.75) is 19.9 Å². The van der Waals surface area contributed by atoms with Crippen LogP contribution in [-0.2, 0) is 16.1 Å². The Kier molecular flexibility index (Phi) is 5.02. The third kappa shape index (κ3) is 3.91. The molecule has 3 amide bonds. The summed E-state index contributed by atoms with van der Waals surface area (Å²) in [7, 11) is 0. The maximum Gasteiger partial charge on any atom is 0.248 e. The number of nitrogens with zero attached hydrogens (tertiary/aromatic N) is 1. The van der Waals surface area contributed by atoms with Crippen LogP contribution in [0.15, 0.2) is 48.5 Å². The van der Waals surface area contributed by atoms with E-state index in [2.05, 4.69) is 5.32 Å². The first-order valence-corrected chi connectivity index (χ1v) is 8.47. The van der Waals surface area contributed by atoms with Crippen molar-refractivity contribution in [3.8, 4) is 0 Å². The Hall–Kier alpha value is -3.15. The first-order chi connectivity index (χ1) is 12.4. The van der Waals surface area contributed by atoms with Gasteiger partial charge in [-0.05, 0) is 36.8 Å². The number of anilines is 1. The highest BCUT2D eigenvalue weighted by Gasteiger charge is 2.34. The molecule has 0 aromatic heterocycles. The molecule has 134 valence electrons. The molecule has 0 aliphatic carbocycles. The molecule has 6 nitrogen and oxygen atoms in total. The Balaban J connectivity index is 1.57. The van der Waals surface area contributed by atoms with Crippen LogP contribution in [0, 0.1) is 12.8 Å². The maximum absolute atomic E-state index is 12.4. The fourth-order valence-electron chi connectivity index (χ4n) is 2.98. The van der Waals surface area contributed by atoms with E-state index in [4.69, 9.17) is 5.73 Å². The molecule has 0 radical (unpaired) electrons. The Bertz CT molecular complexity index is 828. The third-order valence-electron chi connectivity index (χ3n) is 4.55. The molecule has 2 aromatic carbocycles. The fourth-order valence-corrected chi connectivity index (χ4v) is 2.98. The van der Waals surface area contributed by atoms with Gasteiger partial charge in [-0.15, -0.1) is 0 Å². The number of nitrogens with two attached hydrogens (primary N) is 1. The number of amides is 3. The first kappa shape index (κ1) is 17.7. The largest absolute Gasteiger partial charge is 0.366 e. The third-order valence-corrected chi connectivity index (χ3v) is 4.55. The molecule has 1 fully saturated rings. The molecule has 0 saturated carbocycles. The van der Waals surface area contributed by atoms with Crippen LogP contribution in [0.2, 0.25) is 0 Å². The standard InChI is InChI=1S/C20H21N3O3/c1-13-2-8-17(9-3-13)23-12-16(10-18(23)24)20(26)22-11-14-4-6-15(7-5-14)19(21)25/h2-9,16H,10-12H2,1H3,(H2,21,25)(H,22,26). The molecule has 0 spiro atoms. The first-order valence-electron chi connectivity index (χ1n) is 8.47. The molecule has 6 heteroatoms. The fraction of sp³-hybridized carbons (Fsp3) is 0.250. The van der Waals surface area contributed by atoms with Crippen LogP contribution in [0.3, 0.4) is 0 Å². The summed E-state index contributed by atoms with van der Waals surface area (Å²) in [5.74, 6) is -1.04. The summed E-state index contributed by atoms with van der Waals surface area (Å²) in [6.45, 7) is 2.71. The topological polar surface area (TPSA) is 92.5 Å². The number of carbonyl (C=O) groups excluding carboxylic acids is 3. The quantitative estimate of drug-likeness (QED) is 0.860. The number of hydrogen-bond acceptors (Lipinski definition) is 3. The van der Waals surface area contributed by atoms with E-state index >= 15 is 0 Å². The van der Waals surface area contributed by atoms with Crippen LogP contribution in [0.1, 0.15) is 27.9 Å². The molecule has 1 saturated heterocycles. The summed E-state index contributed by atoms with van der Waals surface area (Å²) in [5, 5.41) is 2.86. The highest BCUT2D eigenvalue weighted by atomic mass is 16.2. The van der Waals surface area contributed by atoms with Crippen molar-refractivity contribution in [2.24, 2.45) is 11.7 Å². The molecule has 3 N–H and O–H groups in total. The van der Waals surface area contributed by atoms with E-state index in [1.807, 2.05) is 31.2 Å². The van der Waals surface area contributed by atoms with Gasteiger partial charge >= 0.3 is 0 Å². The molecular formula is C20H21N3O3. The smallest absolute Gasteiger partial charge is 0.248 e. The molecule has 0 bridgehead atoms. The molecular weight excluding hydrogens is 330 g/mol. The highest BCUT2D eigenvalue weighted by Crippen LogP contribution is 2.25. The zero-order valence-electron chi connectivity index (χ0n) is 14.6. The molecule has 1 aliphatic heterocycles.